The lowest BCUT2D eigenvalue weighted by molar-refractivity contribution is 0.0595. The Labute approximate surface area is 101 Å². The van der Waals surface area contributed by atoms with Crippen LogP contribution in [0.1, 0.15) is 10.5 Å². The van der Waals surface area contributed by atoms with Crippen LogP contribution in [0.4, 0.5) is 0 Å². The van der Waals surface area contributed by atoms with Crippen LogP contribution in [0, 0.1) is 0 Å². The molecule has 2 aromatic heterocycles. The SMILES string of the molecule is COC(=O)c1csc(-c2cc(Cl)ccn2)n1. The van der Waals surface area contributed by atoms with Crippen LogP contribution < -0.4 is 0 Å². The Morgan fingerprint density at radius 1 is 1.56 bits per heavy atom. The maximum absolute atomic E-state index is 11.2. The topological polar surface area (TPSA) is 52.1 Å². The van der Waals surface area contributed by atoms with Gasteiger partial charge in [0.05, 0.1) is 7.11 Å². The highest BCUT2D eigenvalue weighted by molar-refractivity contribution is 7.13. The van der Waals surface area contributed by atoms with E-state index in [2.05, 4.69) is 14.7 Å². The lowest BCUT2D eigenvalue weighted by Crippen LogP contribution is -2.01. The van der Waals surface area contributed by atoms with E-state index in [4.69, 9.17) is 11.6 Å². The molecule has 0 aliphatic rings. The van der Waals surface area contributed by atoms with Gasteiger partial charge in [-0.05, 0) is 12.1 Å². The van der Waals surface area contributed by atoms with Crippen LogP contribution in [0.15, 0.2) is 23.7 Å². The van der Waals surface area contributed by atoms with Crippen molar-refractivity contribution in [2.24, 2.45) is 0 Å². The summed E-state index contributed by atoms with van der Waals surface area (Å²) in [4.78, 5) is 19.4. The highest BCUT2D eigenvalue weighted by atomic mass is 35.5. The van der Waals surface area contributed by atoms with Gasteiger partial charge in [0.2, 0.25) is 0 Å². The van der Waals surface area contributed by atoms with E-state index in [0.717, 1.165) is 0 Å². The van der Waals surface area contributed by atoms with Crippen LogP contribution in [0.3, 0.4) is 0 Å². The van der Waals surface area contributed by atoms with Gasteiger partial charge < -0.3 is 4.74 Å². The van der Waals surface area contributed by atoms with Gasteiger partial charge in [0.15, 0.2) is 5.69 Å². The first-order valence-electron chi connectivity index (χ1n) is 4.36. The van der Waals surface area contributed by atoms with Gasteiger partial charge >= 0.3 is 5.97 Å². The number of thiazole rings is 1. The minimum absolute atomic E-state index is 0.282. The molecule has 0 N–H and O–H groups in total. The minimum atomic E-state index is -0.454. The summed E-state index contributed by atoms with van der Waals surface area (Å²) in [5, 5.41) is 2.85. The summed E-state index contributed by atoms with van der Waals surface area (Å²) in [5.74, 6) is -0.454. The van der Waals surface area contributed by atoms with Crippen LogP contribution in [-0.4, -0.2) is 23.0 Å². The second-order valence-corrected chi connectivity index (χ2v) is 4.18. The highest BCUT2D eigenvalue weighted by Gasteiger charge is 2.12. The Hall–Kier alpha value is -1.46. The third-order valence-electron chi connectivity index (χ3n) is 1.84. The lowest BCUT2D eigenvalue weighted by atomic mass is 10.3. The number of carbonyl (C=O) groups excluding carboxylic acids is 1. The number of hydrogen-bond donors (Lipinski definition) is 0. The van der Waals surface area contributed by atoms with Crippen LogP contribution in [0.2, 0.25) is 5.02 Å². The molecule has 0 spiro atoms. The van der Waals surface area contributed by atoms with E-state index in [1.807, 2.05) is 0 Å². The van der Waals surface area contributed by atoms with Crippen molar-refractivity contribution < 1.29 is 9.53 Å². The molecule has 2 heterocycles. The standard InChI is InChI=1S/C10H7ClN2O2S/c1-15-10(14)8-5-16-9(13-8)7-4-6(11)2-3-12-7/h2-5H,1H3. The molecule has 0 saturated heterocycles. The van der Waals surface area contributed by atoms with Crippen LogP contribution in [0.25, 0.3) is 10.7 Å². The number of rotatable bonds is 2. The molecular formula is C10H7ClN2O2S. The zero-order valence-electron chi connectivity index (χ0n) is 8.31. The largest absolute Gasteiger partial charge is 0.464 e. The van der Waals surface area contributed by atoms with E-state index in [0.29, 0.717) is 15.7 Å². The summed E-state index contributed by atoms with van der Waals surface area (Å²) < 4.78 is 4.57. The van der Waals surface area contributed by atoms with Crippen molar-refractivity contribution in [3.63, 3.8) is 0 Å². The summed E-state index contributed by atoms with van der Waals surface area (Å²) in [6, 6.07) is 3.38. The molecule has 0 aliphatic heterocycles. The maximum Gasteiger partial charge on any atom is 0.357 e. The summed E-state index contributed by atoms with van der Waals surface area (Å²) >= 11 is 7.16. The highest BCUT2D eigenvalue weighted by Crippen LogP contribution is 2.24. The predicted molar refractivity (Wildman–Crippen MR) is 61.7 cm³/mol. The molecular weight excluding hydrogens is 248 g/mol. The molecule has 0 amide bonds. The van der Waals surface area contributed by atoms with Gasteiger partial charge in [0.1, 0.15) is 10.7 Å². The molecule has 0 fully saturated rings. The third-order valence-corrected chi connectivity index (χ3v) is 2.94. The van der Waals surface area contributed by atoms with Crippen molar-refractivity contribution in [2.45, 2.75) is 0 Å². The van der Waals surface area contributed by atoms with Crippen LogP contribution >= 0.6 is 22.9 Å². The molecule has 6 heteroatoms. The summed E-state index contributed by atoms with van der Waals surface area (Å²) in [6.07, 6.45) is 1.59. The Kier molecular flexibility index (Phi) is 3.17. The number of hydrogen-bond acceptors (Lipinski definition) is 5. The second kappa shape index (κ2) is 4.59. The number of ether oxygens (including phenoxy) is 1. The molecule has 0 saturated carbocycles. The molecule has 0 bridgehead atoms. The van der Waals surface area contributed by atoms with Gasteiger partial charge in [0.25, 0.3) is 0 Å². The average Bonchev–Trinajstić information content (AvgIpc) is 2.77. The van der Waals surface area contributed by atoms with Crippen molar-refractivity contribution in [2.75, 3.05) is 7.11 Å². The van der Waals surface area contributed by atoms with Crippen LogP contribution in [-0.2, 0) is 4.74 Å². The zero-order chi connectivity index (χ0) is 11.5. The summed E-state index contributed by atoms with van der Waals surface area (Å²) in [5.41, 5.74) is 0.928. The fourth-order valence-electron chi connectivity index (χ4n) is 1.11. The Balaban J connectivity index is 2.35. The molecule has 16 heavy (non-hydrogen) atoms. The second-order valence-electron chi connectivity index (χ2n) is 2.89. The molecule has 0 aromatic carbocycles. The number of esters is 1. The van der Waals surface area contributed by atoms with Gasteiger partial charge in [-0.3, -0.25) is 4.98 Å². The normalized spacial score (nSPS) is 10.1. The van der Waals surface area contributed by atoms with Gasteiger partial charge in [-0.2, -0.15) is 0 Å². The number of aromatic nitrogens is 2. The lowest BCUT2D eigenvalue weighted by Gasteiger charge is -1.95. The molecule has 0 unspecified atom stereocenters. The van der Waals surface area contributed by atoms with Crippen LogP contribution in [0.5, 0.6) is 0 Å². The molecule has 2 rings (SSSR count). The number of carbonyl (C=O) groups is 1. The summed E-state index contributed by atoms with van der Waals surface area (Å²) in [7, 11) is 1.32. The fraction of sp³-hybridized carbons (Fsp3) is 0.100. The van der Waals surface area contributed by atoms with E-state index >= 15 is 0 Å². The zero-order valence-corrected chi connectivity index (χ0v) is 9.88. The first-order valence-corrected chi connectivity index (χ1v) is 5.62. The number of methoxy groups -OCH3 is 1. The molecule has 4 nitrogen and oxygen atoms in total. The molecule has 2 aromatic rings. The molecule has 0 radical (unpaired) electrons. The van der Waals surface area contributed by atoms with E-state index in [1.165, 1.54) is 18.4 Å². The van der Waals surface area contributed by atoms with Crippen molar-refractivity contribution in [3.8, 4) is 10.7 Å². The molecule has 0 atom stereocenters. The molecule has 0 aliphatic carbocycles. The van der Waals surface area contributed by atoms with Crippen molar-refractivity contribution in [3.05, 3.63) is 34.4 Å². The van der Waals surface area contributed by atoms with Gasteiger partial charge in [-0.25, -0.2) is 9.78 Å². The minimum Gasteiger partial charge on any atom is -0.464 e. The molecule has 82 valence electrons. The number of pyridine rings is 1. The Morgan fingerprint density at radius 2 is 2.38 bits per heavy atom. The van der Waals surface area contributed by atoms with Crippen molar-refractivity contribution >= 4 is 28.9 Å². The van der Waals surface area contributed by atoms with E-state index < -0.39 is 5.97 Å². The van der Waals surface area contributed by atoms with Crippen molar-refractivity contribution in [1.29, 1.82) is 0 Å². The maximum atomic E-state index is 11.2. The van der Waals surface area contributed by atoms with Crippen molar-refractivity contribution in [1.82, 2.24) is 9.97 Å². The number of nitrogens with zero attached hydrogens (tertiary/aromatic N) is 2. The van der Waals surface area contributed by atoms with E-state index in [1.54, 1.807) is 23.7 Å². The van der Waals surface area contributed by atoms with E-state index in [9.17, 15) is 4.79 Å². The first kappa shape index (κ1) is 11.0. The van der Waals surface area contributed by atoms with Gasteiger partial charge in [-0.1, -0.05) is 11.6 Å². The Bertz CT molecular complexity index is 527. The quantitative estimate of drug-likeness (QED) is 0.773. The van der Waals surface area contributed by atoms with Gasteiger partial charge in [0, 0.05) is 16.6 Å². The Morgan fingerprint density at radius 3 is 3.06 bits per heavy atom. The predicted octanol–water partition coefficient (Wildman–Crippen LogP) is 2.65. The summed E-state index contributed by atoms with van der Waals surface area (Å²) in [6.45, 7) is 0. The van der Waals surface area contributed by atoms with Gasteiger partial charge in [-0.15, -0.1) is 11.3 Å². The third kappa shape index (κ3) is 2.20. The van der Waals surface area contributed by atoms with E-state index in [-0.39, 0.29) is 5.69 Å². The monoisotopic (exact) mass is 254 g/mol. The first-order chi connectivity index (χ1) is 7.70. The fourth-order valence-corrected chi connectivity index (χ4v) is 2.03. The smallest absolute Gasteiger partial charge is 0.357 e. The average molecular weight is 255 g/mol. The number of halogens is 1.